The van der Waals surface area contributed by atoms with E-state index >= 15 is 0 Å². The van der Waals surface area contributed by atoms with E-state index < -0.39 is 85.2 Å². The van der Waals surface area contributed by atoms with Gasteiger partial charge in [0, 0.05) is 6.42 Å². The number of rotatable bonds is 34. The van der Waals surface area contributed by atoms with Crippen molar-refractivity contribution in [2.24, 2.45) is 34.4 Å². The van der Waals surface area contributed by atoms with Crippen LogP contribution in [0.4, 0.5) is 0 Å². The highest BCUT2D eigenvalue weighted by Crippen LogP contribution is 2.05. The van der Waals surface area contributed by atoms with Crippen molar-refractivity contribution in [1.29, 1.82) is 0 Å². The summed E-state index contributed by atoms with van der Waals surface area (Å²) in [6, 6.07) is -4.00. The first-order valence-corrected chi connectivity index (χ1v) is 19.6. The van der Waals surface area contributed by atoms with E-state index in [2.05, 4.69) is 37.2 Å². The van der Waals surface area contributed by atoms with Crippen molar-refractivity contribution >= 4 is 47.3 Å². The number of amides is 8. The standard InChI is InChI=1S/C35H69N13O8/c36-16-6-1-2-15-28(49)46-25(12-4-8-18-38)33(54)43-22-30(51)47-26(13-5-9-19-39)34(55)44-23-31(52)48-27(14-10-20-40)35(56)42-21-29(50)45-24(32(41)53)11-3-7-17-37/h24-27H,1-23,36-40H2,(H2,41,53)(H,42,56)(H,43,54)(H,44,55)(H,45,50)(H,46,49)(H,47,51)(H,48,52). The van der Waals surface area contributed by atoms with Gasteiger partial charge in [-0.3, -0.25) is 38.4 Å². The fourth-order valence-electron chi connectivity index (χ4n) is 5.37. The molecule has 21 heteroatoms. The van der Waals surface area contributed by atoms with Crippen LogP contribution in [0.1, 0.15) is 96.3 Å². The minimum Gasteiger partial charge on any atom is -0.368 e. The minimum absolute atomic E-state index is 0.127. The Balaban J connectivity index is 5.28. The number of carbonyl (C=O) groups is 8. The molecule has 0 fully saturated rings. The third-order valence-electron chi connectivity index (χ3n) is 8.55. The lowest BCUT2D eigenvalue weighted by molar-refractivity contribution is -0.133. The average molecular weight is 800 g/mol. The van der Waals surface area contributed by atoms with Crippen LogP contribution in [0.15, 0.2) is 0 Å². The predicted molar refractivity (Wildman–Crippen MR) is 210 cm³/mol. The van der Waals surface area contributed by atoms with Gasteiger partial charge in [-0.1, -0.05) is 6.42 Å². The summed E-state index contributed by atoms with van der Waals surface area (Å²) in [6.45, 7) is 0.400. The molecule has 56 heavy (non-hydrogen) atoms. The van der Waals surface area contributed by atoms with E-state index in [0.29, 0.717) is 84.0 Å². The van der Waals surface area contributed by atoms with Crippen LogP contribution in [0.5, 0.6) is 0 Å². The maximum Gasteiger partial charge on any atom is 0.243 e. The maximum atomic E-state index is 13.1. The highest BCUT2D eigenvalue weighted by molar-refractivity contribution is 5.95. The number of carbonyl (C=O) groups excluding carboxylic acids is 8. The van der Waals surface area contributed by atoms with E-state index in [1.54, 1.807) is 0 Å². The highest BCUT2D eigenvalue weighted by atomic mass is 16.2. The first-order valence-electron chi connectivity index (χ1n) is 19.6. The Morgan fingerprint density at radius 1 is 0.357 bits per heavy atom. The predicted octanol–water partition coefficient (Wildman–Crippen LogP) is -4.60. The van der Waals surface area contributed by atoms with E-state index in [0.717, 1.165) is 12.8 Å². The van der Waals surface area contributed by atoms with E-state index in [1.165, 1.54) is 0 Å². The molecule has 0 bridgehead atoms. The van der Waals surface area contributed by atoms with Crippen LogP contribution in [0.2, 0.25) is 0 Å². The van der Waals surface area contributed by atoms with Crippen LogP contribution in [-0.2, 0) is 38.4 Å². The van der Waals surface area contributed by atoms with Crippen molar-refractivity contribution in [3.05, 3.63) is 0 Å². The smallest absolute Gasteiger partial charge is 0.243 e. The van der Waals surface area contributed by atoms with Gasteiger partial charge in [-0.25, -0.2) is 0 Å². The fourth-order valence-corrected chi connectivity index (χ4v) is 5.37. The Morgan fingerprint density at radius 2 is 0.661 bits per heavy atom. The summed E-state index contributed by atoms with van der Waals surface area (Å²) in [7, 11) is 0. The van der Waals surface area contributed by atoms with Crippen molar-refractivity contribution in [2.75, 3.05) is 52.4 Å². The number of nitrogens with one attached hydrogen (secondary N) is 7. The summed E-state index contributed by atoms with van der Waals surface area (Å²) < 4.78 is 0. The second kappa shape index (κ2) is 32.8. The number of hydrogen-bond donors (Lipinski definition) is 13. The van der Waals surface area contributed by atoms with Crippen molar-refractivity contribution in [3.63, 3.8) is 0 Å². The van der Waals surface area contributed by atoms with Gasteiger partial charge >= 0.3 is 0 Å². The Bertz CT molecular complexity index is 1210. The van der Waals surface area contributed by atoms with Crippen molar-refractivity contribution in [2.45, 2.75) is 120 Å². The molecular weight excluding hydrogens is 730 g/mol. The summed E-state index contributed by atoms with van der Waals surface area (Å²) in [5.41, 5.74) is 33.1. The molecule has 0 aliphatic heterocycles. The normalized spacial score (nSPS) is 12.9. The number of unbranched alkanes of at least 4 members (excludes halogenated alkanes) is 5. The zero-order chi connectivity index (χ0) is 42.1. The molecule has 0 aliphatic carbocycles. The van der Waals surface area contributed by atoms with Crippen molar-refractivity contribution < 1.29 is 38.4 Å². The zero-order valence-electron chi connectivity index (χ0n) is 32.8. The molecule has 21 nitrogen and oxygen atoms in total. The lowest BCUT2D eigenvalue weighted by atomic mass is 10.1. The summed E-state index contributed by atoms with van der Waals surface area (Å²) in [5.74, 6) is -5.02. The quantitative estimate of drug-likeness (QED) is 0.0273. The van der Waals surface area contributed by atoms with Crippen LogP contribution < -0.4 is 71.6 Å². The maximum absolute atomic E-state index is 13.1. The molecule has 0 radical (unpaired) electrons. The van der Waals surface area contributed by atoms with E-state index in [-0.39, 0.29) is 38.1 Å². The van der Waals surface area contributed by atoms with Gasteiger partial charge in [0.2, 0.25) is 47.3 Å². The van der Waals surface area contributed by atoms with E-state index in [1.807, 2.05) is 0 Å². The van der Waals surface area contributed by atoms with Gasteiger partial charge in [0.25, 0.3) is 0 Å². The molecule has 322 valence electrons. The molecule has 0 aromatic heterocycles. The Hall–Kier alpha value is -4.44. The van der Waals surface area contributed by atoms with Crippen LogP contribution in [0.25, 0.3) is 0 Å². The third kappa shape index (κ3) is 25.6. The monoisotopic (exact) mass is 800 g/mol. The zero-order valence-corrected chi connectivity index (χ0v) is 32.8. The number of primary amides is 1. The first-order chi connectivity index (χ1) is 26.8. The summed E-state index contributed by atoms with van der Waals surface area (Å²) in [4.78, 5) is 101. The molecule has 0 rings (SSSR count). The van der Waals surface area contributed by atoms with Gasteiger partial charge in [0.1, 0.15) is 24.2 Å². The molecule has 4 atom stereocenters. The van der Waals surface area contributed by atoms with E-state index in [4.69, 9.17) is 34.4 Å². The van der Waals surface area contributed by atoms with Crippen LogP contribution in [0.3, 0.4) is 0 Å². The molecule has 0 aromatic rings. The molecule has 0 spiro atoms. The van der Waals surface area contributed by atoms with Gasteiger partial charge < -0.3 is 71.6 Å². The summed E-state index contributed by atoms with van der Waals surface area (Å²) in [6.07, 6.45) is 7.15. The lowest BCUT2D eigenvalue weighted by Gasteiger charge is -2.21. The molecule has 0 aromatic carbocycles. The Labute approximate surface area is 329 Å². The van der Waals surface area contributed by atoms with Crippen LogP contribution in [-0.4, -0.2) is 124 Å². The summed E-state index contributed by atoms with van der Waals surface area (Å²) in [5, 5.41) is 17.7. The molecule has 0 saturated heterocycles. The van der Waals surface area contributed by atoms with E-state index in [9.17, 15) is 38.4 Å². The molecule has 0 saturated carbocycles. The van der Waals surface area contributed by atoms with Gasteiger partial charge in [0.15, 0.2) is 0 Å². The second-order valence-corrected chi connectivity index (χ2v) is 13.4. The SMILES string of the molecule is NCCCCCC(=O)NC(CCCCN)C(=O)NCC(=O)NC(CCCCN)C(=O)NCC(=O)NC(CCCN)C(=O)NCC(=O)NC(CCCCN)C(N)=O. The molecular formula is C35H69N13O8. The molecule has 4 unspecified atom stereocenters. The minimum atomic E-state index is -1.10. The van der Waals surface area contributed by atoms with Crippen molar-refractivity contribution in [3.8, 4) is 0 Å². The molecule has 19 N–H and O–H groups in total. The highest BCUT2D eigenvalue weighted by Gasteiger charge is 2.26. The molecule has 0 aliphatic rings. The van der Waals surface area contributed by atoms with Gasteiger partial charge in [-0.05, 0) is 116 Å². The Kier molecular flexibility index (Phi) is 30.2. The first kappa shape index (κ1) is 51.6. The molecule has 0 heterocycles. The van der Waals surface area contributed by atoms with Crippen LogP contribution >= 0.6 is 0 Å². The van der Waals surface area contributed by atoms with Gasteiger partial charge in [0.05, 0.1) is 19.6 Å². The number of hydrogen-bond acceptors (Lipinski definition) is 13. The molecule has 8 amide bonds. The second-order valence-electron chi connectivity index (χ2n) is 13.4. The van der Waals surface area contributed by atoms with Crippen molar-refractivity contribution in [1.82, 2.24) is 37.2 Å². The fraction of sp³-hybridized carbons (Fsp3) is 0.771. The van der Waals surface area contributed by atoms with Gasteiger partial charge in [-0.15, -0.1) is 0 Å². The Morgan fingerprint density at radius 3 is 1.02 bits per heavy atom. The largest absolute Gasteiger partial charge is 0.368 e. The van der Waals surface area contributed by atoms with Crippen LogP contribution in [0, 0.1) is 0 Å². The average Bonchev–Trinajstić information content (AvgIpc) is 3.17. The summed E-state index contributed by atoms with van der Waals surface area (Å²) >= 11 is 0. The van der Waals surface area contributed by atoms with Gasteiger partial charge in [-0.2, -0.15) is 0 Å². The third-order valence-corrected chi connectivity index (χ3v) is 8.55. The topological polar surface area (TPSA) is 377 Å². The lowest BCUT2D eigenvalue weighted by Crippen LogP contribution is -2.54. The number of nitrogens with two attached hydrogens (primary N) is 6.